The fourth-order valence-electron chi connectivity index (χ4n) is 4.18. The average molecular weight is 366 g/mol. The number of amides is 2. The summed E-state index contributed by atoms with van der Waals surface area (Å²) in [6.07, 6.45) is 3.48. The van der Waals surface area contributed by atoms with E-state index >= 15 is 0 Å². The summed E-state index contributed by atoms with van der Waals surface area (Å²) in [5, 5.41) is 3.22. The first-order valence-electron chi connectivity index (χ1n) is 10.4. The summed E-state index contributed by atoms with van der Waals surface area (Å²) in [7, 11) is 3.93. The molecule has 5 nitrogen and oxygen atoms in total. The van der Waals surface area contributed by atoms with Crippen LogP contribution in [0.1, 0.15) is 53.4 Å². The van der Waals surface area contributed by atoms with Gasteiger partial charge in [-0.2, -0.15) is 0 Å². The van der Waals surface area contributed by atoms with Gasteiger partial charge in [-0.3, -0.25) is 9.59 Å². The van der Waals surface area contributed by atoms with Gasteiger partial charge in [0.15, 0.2) is 0 Å². The van der Waals surface area contributed by atoms with Crippen molar-refractivity contribution >= 4 is 11.8 Å². The number of rotatable bonds is 10. The molecule has 1 saturated carbocycles. The number of carbonyl (C=O) groups is 2. The molecule has 0 aromatic rings. The van der Waals surface area contributed by atoms with E-state index in [1.54, 1.807) is 0 Å². The Kier molecular flexibility index (Phi) is 7.51. The van der Waals surface area contributed by atoms with Crippen molar-refractivity contribution in [1.82, 2.24) is 15.1 Å². The predicted molar refractivity (Wildman–Crippen MR) is 106 cm³/mol. The quantitative estimate of drug-likeness (QED) is 0.647. The van der Waals surface area contributed by atoms with E-state index in [-0.39, 0.29) is 17.7 Å². The first-order chi connectivity index (χ1) is 12.2. The van der Waals surface area contributed by atoms with Gasteiger partial charge in [-0.1, -0.05) is 27.7 Å². The minimum Gasteiger partial charge on any atom is -0.342 e. The molecule has 4 atom stereocenters. The lowest BCUT2D eigenvalue weighted by atomic mass is 9.88. The molecule has 1 heterocycles. The first kappa shape index (κ1) is 21.2. The largest absolute Gasteiger partial charge is 0.342 e. The standard InChI is InChI=1S/C21H39N3O2/c1-14(2)18-12-24(13-18)20(25)8-7-16(4)21(26)23(6)19-10-17(19)9-15(3)11-22-5/h14-19,22H,7-13H2,1-6H3. The molecular formula is C21H39N3O2. The van der Waals surface area contributed by atoms with Gasteiger partial charge in [0.1, 0.15) is 0 Å². The van der Waals surface area contributed by atoms with Gasteiger partial charge in [-0.25, -0.2) is 0 Å². The first-order valence-corrected chi connectivity index (χ1v) is 10.4. The fourth-order valence-corrected chi connectivity index (χ4v) is 4.18. The summed E-state index contributed by atoms with van der Waals surface area (Å²) in [5.41, 5.74) is 0. The van der Waals surface area contributed by atoms with Crippen LogP contribution in [0.2, 0.25) is 0 Å². The fraction of sp³-hybridized carbons (Fsp3) is 0.905. The maximum Gasteiger partial charge on any atom is 0.225 e. The van der Waals surface area contributed by atoms with Crippen LogP contribution < -0.4 is 5.32 Å². The molecule has 1 N–H and O–H groups in total. The Bertz CT molecular complexity index is 488. The van der Waals surface area contributed by atoms with Crippen molar-refractivity contribution in [1.29, 1.82) is 0 Å². The lowest BCUT2D eigenvalue weighted by molar-refractivity contribution is -0.139. The zero-order chi connectivity index (χ0) is 19.4. The third kappa shape index (κ3) is 5.45. The van der Waals surface area contributed by atoms with Gasteiger partial charge >= 0.3 is 0 Å². The summed E-state index contributed by atoms with van der Waals surface area (Å²) in [4.78, 5) is 28.8. The molecule has 0 radical (unpaired) electrons. The third-order valence-electron chi connectivity index (χ3n) is 6.41. The van der Waals surface area contributed by atoms with E-state index in [1.807, 2.05) is 30.8 Å². The van der Waals surface area contributed by atoms with Crippen LogP contribution in [-0.4, -0.2) is 61.4 Å². The molecule has 4 unspecified atom stereocenters. The molecule has 2 rings (SSSR count). The monoisotopic (exact) mass is 365 g/mol. The maximum atomic E-state index is 12.7. The average Bonchev–Trinajstić information content (AvgIpc) is 3.28. The summed E-state index contributed by atoms with van der Waals surface area (Å²) >= 11 is 0. The minimum atomic E-state index is -0.0675. The van der Waals surface area contributed by atoms with E-state index in [0.29, 0.717) is 42.6 Å². The second-order valence-electron chi connectivity index (χ2n) is 9.15. The van der Waals surface area contributed by atoms with Crippen molar-refractivity contribution in [3.05, 3.63) is 0 Å². The van der Waals surface area contributed by atoms with E-state index in [9.17, 15) is 9.59 Å². The van der Waals surface area contributed by atoms with Gasteiger partial charge in [0, 0.05) is 38.5 Å². The lowest BCUT2D eigenvalue weighted by Crippen LogP contribution is -2.51. The summed E-state index contributed by atoms with van der Waals surface area (Å²) in [6, 6.07) is 0.405. The Balaban J connectivity index is 1.67. The highest BCUT2D eigenvalue weighted by Gasteiger charge is 2.43. The van der Waals surface area contributed by atoms with E-state index in [2.05, 4.69) is 26.1 Å². The maximum absolute atomic E-state index is 12.7. The number of carbonyl (C=O) groups excluding carboxylic acids is 2. The van der Waals surface area contributed by atoms with E-state index in [0.717, 1.165) is 26.1 Å². The van der Waals surface area contributed by atoms with Crippen LogP contribution in [0.5, 0.6) is 0 Å². The molecule has 2 aliphatic rings. The van der Waals surface area contributed by atoms with Crippen LogP contribution in [0, 0.1) is 29.6 Å². The van der Waals surface area contributed by atoms with Crippen LogP contribution in [0.15, 0.2) is 0 Å². The van der Waals surface area contributed by atoms with Gasteiger partial charge in [0.05, 0.1) is 0 Å². The second-order valence-corrected chi connectivity index (χ2v) is 9.15. The Labute approximate surface area is 159 Å². The Morgan fingerprint density at radius 2 is 1.85 bits per heavy atom. The second kappa shape index (κ2) is 9.20. The highest BCUT2D eigenvalue weighted by atomic mass is 16.2. The number of nitrogens with one attached hydrogen (secondary N) is 1. The van der Waals surface area contributed by atoms with Crippen LogP contribution in [-0.2, 0) is 9.59 Å². The third-order valence-corrected chi connectivity index (χ3v) is 6.41. The molecule has 1 aliphatic carbocycles. The molecule has 5 heteroatoms. The lowest BCUT2D eigenvalue weighted by Gasteiger charge is -2.41. The topological polar surface area (TPSA) is 52.7 Å². The normalized spacial score (nSPS) is 25.0. The van der Waals surface area contributed by atoms with Crippen LogP contribution >= 0.6 is 0 Å². The molecule has 150 valence electrons. The Morgan fingerprint density at radius 1 is 1.19 bits per heavy atom. The number of likely N-dealkylation sites (tertiary alicyclic amines) is 1. The molecule has 2 fully saturated rings. The van der Waals surface area contributed by atoms with E-state index in [1.165, 1.54) is 6.42 Å². The van der Waals surface area contributed by atoms with Gasteiger partial charge in [-0.15, -0.1) is 0 Å². The number of nitrogens with zero attached hydrogens (tertiary/aromatic N) is 2. The summed E-state index contributed by atoms with van der Waals surface area (Å²) in [5.74, 6) is 2.96. The zero-order valence-corrected chi connectivity index (χ0v) is 17.6. The van der Waals surface area contributed by atoms with Crippen molar-refractivity contribution in [2.45, 2.75) is 59.4 Å². The Morgan fingerprint density at radius 3 is 2.42 bits per heavy atom. The SMILES string of the molecule is CNCC(C)CC1CC1N(C)C(=O)C(C)CCC(=O)N1CC(C(C)C)C1. The van der Waals surface area contributed by atoms with Gasteiger partial charge in [0.2, 0.25) is 11.8 Å². The molecule has 0 aromatic heterocycles. The summed E-state index contributed by atoms with van der Waals surface area (Å²) < 4.78 is 0. The Hall–Kier alpha value is -1.10. The van der Waals surface area contributed by atoms with Crippen LogP contribution in [0.25, 0.3) is 0 Å². The van der Waals surface area contributed by atoms with Crippen molar-refractivity contribution in [3.63, 3.8) is 0 Å². The molecule has 1 saturated heterocycles. The van der Waals surface area contributed by atoms with E-state index in [4.69, 9.17) is 0 Å². The molecule has 0 bridgehead atoms. The van der Waals surface area contributed by atoms with Gasteiger partial charge in [0.25, 0.3) is 0 Å². The zero-order valence-electron chi connectivity index (χ0n) is 17.6. The summed E-state index contributed by atoms with van der Waals surface area (Å²) in [6.45, 7) is 11.5. The van der Waals surface area contributed by atoms with Crippen molar-refractivity contribution in [2.75, 3.05) is 33.7 Å². The molecule has 2 amide bonds. The molecule has 0 spiro atoms. The smallest absolute Gasteiger partial charge is 0.225 e. The predicted octanol–water partition coefficient (Wildman–Crippen LogP) is 2.61. The van der Waals surface area contributed by atoms with Gasteiger partial charge in [-0.05, 0) is 56.5 Å². The molecule has 26 heavy (non-hydrogen) atoms. The van der Waals surface area contributed by atoms with Crippen LogP contribution in [0.3, 0.4) is 0 Å². The molecule has 1 aliphatic heterocycles. The highest BCUT2D eigenvalue weighted by molar-refractivity contribution is 5.81. The highest BCUT2D eigenvalue weighted by Crippen LogP contribution is 2.40. The van der Waals surface area contributed by atoms with Gasteiger partial charge < -0.3 is 15.1 Å². The minimum absolute atomic E-state index is 0.0675. The number of hydrogen-bond acceptors (Lipinski definition) is 3. The number of hydrogen-bond donors (Lipinski definition) is 1. The van der Waals surface area contributed by atoms with Crippen molar-refractivity contribution < 1.29 is 9.59 Å². The molecular weight excluding hydrogens is 326 g/mol. The molecule has 0 aromatic carbocycles. The van der Waals surface area contributed by atoms with Crippen molar-refractivity contribution in [2.24, 2.45) is 29.6 Å². The van der Waals surface area contributed by atoms with Crippen LogP contribution in [0.4, 0.5) is 0 Å². The van der Waals surface area contributed by atoms with E-state index < -0.39 is 0 Å². The van der Waals surface area contributed by atoms with Crippen molar-refractivity contribution in [3.8, 4) is 0 Å².